The summed E-state index contributed by atoms with van der Waals surface area (Å²) in [6.45, 7) is 3.21. The molecule has 90 valence electrons. The molecule has 16 heavy (non-hydrogen) atoms. The quantitative estimate of drug-likeness (QED) is 0.849. The molecule has 0 aliphatic heterocycles. The summed E-state index contributed by atoms with van der Waals surface area (Å²) in [6, 6.07) is 0.345. The summed E-state index contributed by atoms with van der Waals surface area (Å²) in [5, 5.41) is 15.1. The van der Waals surface area contributed by atoms with Crippen molar-refractivity contribution in [3.05, 3.63) is 16.6 Å². The van der Waals surface area contributed by atoms with Crippen molar-refractivity contribution in [1.29, 1.82) is 0 Å². The summed E-state index contributed by atoms with van der Waals surface area (Å²) in [5.41, 5.74) is 3.02. The van der Waals surface area contributed by atoms with Crippen LogP contribution in [-0.2, 0) is 0 Å². The summed E-state index contributed by atoms with van der Waals surface area (Å²) >= 11 is 1.65. The van der Waals surface area contributed by atoms with E-state index in [0.29, 0.717) is 6.04 Å². The monoisotopic (exact) mass is 240 g/mol. The van der Waals surface area contributed by atoms with Gasteiger partial charge in [0, 0.05) is 11.4 Å². The maximum Gasteiger partial charge on any atom is 0.0795 e. The number of aromatic nitrogens is 1. The van der Waals surface area contributed by atoms with E-state index in [9.17, 15) is 5.11 Å². The molecule has 1 aliphatic carbocycles. The van der Waals surface area contributed by atoms with Gasteiger partial charge in [0.25, 0.3) is 0 Å². The Kier molecular flexibility index (Phi) is 4.32. The number of aliphatic hydroxyl groups is 1. The lowest BCUT2D eigenvalue weighted by Gasteiger charge is -2.26. The fourth-order valence-electron chi connectivity index (χ4n) is 2.23. The van der Waals surface area contributed by atoms with Gasteiger partial charge in [-0.3, -0.25) is 0 Å². The first kappa shape index (κ1) is 12.0. The van der Waals surface area contributed by atoms with E-state index < -0.39 is 0 Å². The molecule has 0 radical (unpaired) electrons. The zero-order chi connectivity index (χ0) is 11.4. The Labute approximate surface area is 101 Å². The van der Waals surface area contributed by atoms with Crippen LogP contribution in [0.5, 0.6) is 0 Å². The number of aliphatic hydroxyl groups excluding tert-OH is 1. The first-order valence-corrected chi connectivity index (χ1v) is 6.99. The van der Waals surface area contributed by atoms with E-state index in [1.807, 2.05) is 5.51 Å². The highest BCUT2D eigenvalue weighted by Gasteiger charge is 2.19. The van der Waals surface area contributed by atoms with Crippen molar-refractivity contribution in [1.82, 2.24) is 10.3 Å². The first-order chi connectivity index (χ1) is 7.75. The van der Waals surface area contributed by atoms with Crippen LogP contribution in [0.3, 0.4) is 0 Å². The van der Waals surface area contributed by atoms with Crippen LogP contribution in [0, 0.1) is 5.92 Å². The minimum atomic E-state index is -0.0489. The SMILES string of the molecule is CC(NCC1CCC(O)CC1)c1cscn1. The Morgan fingerprint density at radius 2 is 2.25 bits per heavy atom. The highest BCUT2D eigenvalue weighted by atomic mass is 32.1. The molecular formula is C12H20N2OS. The Hall–Kier alpha value is -0.450. The van der Waals surface area contributed by atoms with E-state index in [0.717, 1.165) is 43.8 Å². The number of nitrogens with one attached hydrogen (secondary N) is 1. The summed E-state index contributed by atoms with van der Waals surface area (Å²) in [5.74, 6) is 0.726. The average molecular weight is 240 g/mol. The van der Waals surface area contributed by atoms with Gasteiger partial charge in [-0.05, 0) is 45.1 Å². The van der Waals surface area contributed by atoms with Crippen LogP contribution in [0.15, 0.2) is 10.9 Å². The lowest BCUT2D eigenvalue weighted by Crippen LogP contribution is -2.29. The number of thiazole rings is 1. The number of rotatable bonds is 4. The Morgan fingerprint density at radius 3 is 2.88 bits per heavy atom. The van der Waals surface area contributed by atoms with Gasteiger partial charge in [0.1, 0.15) is 0 Å². The second kappa shape index (κ2) is 5.75. The van der Waals surface area contributed by atoms with Crippen molar-refractivity contribution in [2.45, 2.75) is 44.8 Å². The van der Waals surface area contributed by atoms with Crippen molar-refractivity contribution in [2.75, 3.05) is 6.54 Å². The molecule has 2 rings (SSSR count). The molecule has 2 N–H and O–H groups in total. The predicted octanol–water partition coefficient (Wildman–Crippen LogP) is 2.34. The number of hydrogen-bond acceptors (Lipinski definition) is 4. The molecule has 1 atom stereocenters. The number of hydrogen-bond donors (Lipinski definition) is 2. The van der Waals surface area contributed by atoms with Gasteiger partial charge in [-0.15, -0.1) is 11.3 Å². The van der Waals surface area contributed by atoms with E-state index in [2.05, 4.69) is 22.6 Å². The van der Waals surface area contributed by atoms with E-state index in [-0.39, 0.29) is 6.10 Å². The first-order valence-electron chi connectivity index (χ1n) is 6.05. The fraction of sp³-hybridized carbons (Fsp3) is 0.750. The highest BCUT2D eigenvalue weighted by molar-refractivity contribution is 7.07. The molecule has 0 aromatic carbocycles. The topological polar surface area (TPSA) is 45.1 Å². The molecule has 1 unspecified atom stereocenters. The molecule has 0 saturated heterocycles. The van der Waals surface area contributed by atoms with Gasteiger partial charge in [0.2, 0.25) is 0 Å². The van der Waals surface area contributed by atoms with Crippen LogP contribution in [0.2, 0.25) is 0 Å². The van der Waals surface area contributed by atoms with Crippen molar-refractivity contribution in [3.63, 3.8) is 0 Å². The summed E-state index contributed by atoms with van der Waals surface area (Å²) in [4.78, 5) is 4.31. The van der Waals surface area contributed by atoms with Gasteiger partial charge in [0.15, 0.2) is 0 Å². The Morgan fingerprint density at radius 1 is 1.50 bits per heavy atom. The third-order valence-corrected chi connectivity index (χ3v) is 4.03. The minimum absolute atomic E-state index is 0.0489. The van der Waals surface area contributed by atoms with Crippen molar-refractivity contribution < 1.29 is 5.11 Å². The minimum Gasteiger partial charge on any atom is -0.393 e. The lowest BCUT2D eigenvalue weighted by molar-refractivity contribution is 0.107. The highest BCUT2D eigenvalue weighted by Crippen LogP contribution is 2.24. The van der Waals surface area contributed by atoms with Gasteiger partial charge >= 0.3 is 0 Å². The van der Waals surface area contributed by atoms with Crippen LogP contribution in [0.25, 0.3) is 0 Å². The van der Waals surface area contributed by atoms with Gasteiger partial charge < -0.3 is 10.4 Å². The van der Waals surface area contributed by atoms with Crippen LogP contribution in [-0.4, -0.2) is 22.7 Å². The number of nitrogens with zero attached hydrogens (tertiary/aromatic N) is 1. The molecule has 0 bridgehead atoms. The second-order valence-electron chi connectivity index (χ2n) is 4.72. The predicted molar refractivity (Wildman–Crippen MR) is 66.5 cm³/mol. The van der Waals surface area contributed by atoms with Crippen LogP contribution >= 0.6 is 11.3 Å². The largest absolute Gasteiger partial charge is 0.393 e. The summed E-state index contributed by atoms with van der Waals surface area (Å²) in [7, 11) is 0. The van der Waals surface area contributed by atoms with Crippen LogP contribution in [0.1, 0.15) is 44.3 Å². The fourth-order valence-corrected chi connectivity index (χ4v) is 2.88. The normalized spacial score (nSPS) is 27.9. The molecule has 0 spiro atoms. The van der Waals surface area contributed by atoms with E-state index in [4.69, 9.17) is 0 Å². The summed E-state index contributed by atoms with van der Waals surface area (Å²) in [6.07, 6.45) is 4.19. The van der Waals surface area contributed by atoms with Gasteiger partial charge in [-0.2, -0.15) is 0 Å². The maximum absolute atomic E-state index is 9.43. The zero-order valence-corrected chi connectivity index (χ0v) is 10.5. The van der Waals surface area contributed by atoms with Crippen molar-refractivity contribution in [3.8, 4) is 0 Å². The lowest BCUT2D eigenvalue weighted by atomic mass is 9.87. The summed E-state index contributed by atoms with van der Waals surface area (Å²) < 4.78 is 0. The molecule has 1 saturated carbocycles. The third-order valence-electron chi connectivity index (χ3n) is 3.42. The Balaban J connectivity index is 1.71. The van der Waals surface area contributed by atoms with Gasteiger partial charge in [-0.25, -0.2) is 4.98 Å². The van der Waals surface area contributed by atoms with Gasteiger partial charge in [-0.1, -0.05) is 0 Å². The molecule has 1 aliphatic rings. The van der Waals surface area contributed by atoms with Gasteiger partial charge in [0.05, 0.1) is 17.3 Å². The van der Waals surface area contributed by atoms with Crippen molar-refractivity contribution >= 4 is 11.3 Å². The second-order valence-corrected chi connectivity index (χ2v) is 5.44. The van der Waals surface area contributed by atoms with Crippen LogP contribution < -0.4 is 5.32 Å². The maximum atomic E-state index is 9.43. The molecule has 1 fully saturated rings. The standard InChI is InChI=1S/C12H20N2OS/c1-9(12-7-16-8-14-12)13-6-10-2-4-11(15)5-3-10/h7-11,13,15H,2-6H2,1H3. The molecule has 1 aromatic heterocycles. The van der Waals surface area contributed by atoms with E-state index in [1.54, 1.807) is 11.3 Å². The third kappa shape index (κ3) is 3.27. The molecular weight excluding hydrogens is 220 g/mol. The molecule has 3 nitrogen and oxygen atoms in total. The molecule has 1 aromatic rings. The van der Waals surface area contributed by atoms with Crippen molar-refractivity contribution in [2.24, 2.45) is 5.92 Å². The van der Waals surface area contributed by atoms with Crippen LogP contribution in [0.4, 0.5) is 0 Å². The van der Waals surface area contributed by atoms with E-state index in [1.165, 1.54) is 0 Å². The zero-order valence-electron chi connectivity index (χ0n) is 9.72. The van der Waals surface area contributed by atoms with E-state index >= 15 is 0 Å². The molecule has 1 heterocycles. The molecule has 0 amide bonds. The molecule has 4 heteroatoms. The Bertz CT molecular complexity index is 294. The average Bonchev–Trinajstić information content (AvgIpc) is 2.81. The smallest absolute Gasteiger partial charge is 0.0795 e.